The van der Waals surface area contributed by atoms with Gasteiger partial charge in [-0.1, -0.05) is 54.6 Å². The molecular weight excluding hydrogens is 395 g/mol. The first-order chi connectivity index (χ1) is 15.0. The molecule has 2 amide bonds. The summed E-state index contributed by atoms with van der Waals surface area (Å²) in [6, 6.07) is 22.2. The summed E-state index contributed by atoms with van der Waals surface area (Å²) in [5.41, 5.74) is 1.97. The summed E-state index contributed by atoms with van der Waals surface area (Å²) in [6.45, 7) is 1.72. The van der Waals surface area contributed by atoms with Crippen molar-refractivity contribution in [1.82, 2.24) is 5.32 Å². The number of fused-ring (bicyclic) bond motifs is 1. The van der Waals surface area contributed by atoms with Crippen LogP contribution in [0.15, 0.2) is 84.6 Å². The Balaban J connectivity index is 1.58. The summed E-state index contributed by atoms with van der Waals surface area (Å²) in [7, 11) is 0. The molecule has 5 nitrogen and oxygen atoms in total. The minimum atomic E-state index is -0.467. The minimum Gasteiger partial charge on any atom is -0.449 e. The van der Waals surface area contributed by atoms with Gasteiger partial charge in [-0.3, -0.25) is 14.5 Å². The summed E-state index contributed by atoms with van der Waals surface area (Å²) < 4.78 is 19.3. The van der Waals surface area contributed by atoms with E-state index < -0.39 is 11.7 Å². The molecule has 3 aromatic rings. The fraction of sp³-hybridized carbons (Fsp3) is 0.120. The zero-order chi connectivity index (χ0) is 21.8. The Morgan fingerprint density at radius 3 is 2.58 bits per heavy atom. The van der Waals surface area contributed by atoms with Crippen LogP contribution in [-0.2, 0) is 9.59 Å². The molecule has 1 atom stereocenters. The van der Waals surface area contributed by atoms with E-state index in [0.29, 0.717) is 17.0 Å². The number of ether oxygens (including phenoxy) is 1. The number of halogens is 1. The first kappa shape index (κ1) is 20.3. The molecule has 0 saturated heterocycles. The van der Waals surface area contributed by atoms with Crippen molar-refractivity contribution in [2.45, 2.75) is 13.0 Å². The van der Waals surface area contributed by atoms with Gasteiger partial charge in [-0.05, 0) is 48.4 Å². The number of anilines is 1. The average molecular weight is 416 g/mol. The van der Waals surface area contributed by atoms with Crippen LogP contribution in [-0.4, -0.2) is 18.4 Å². The van der Waals surface area contributed by atoms with Gasteiger partial charge in [0.15, 0.2) is 11.5 Å². The largest absolute Gasteiger partial charge is 0.449 e. The number of hydrogen-bond donors (Lipinski definition) is 1. The summed E-state index contributed by atoms with van der Waals surface area (Å²) in [5.74, 6) is -0.706. The van der Waals surface area contributed by atoms with Gasteiger partial charge in [0, 0.05) is 0 Å². The van der Waals surface area contributed by atoms with Gasteiger partial charge in [-0.15, -0.1) is 0 Å². The first-order valence-electron chi connectivity index (χ1n) is 9.91. The van der Waals surface area contributed by atoms with Gasteiger partial charge in [-0.25, -0.2) is 4.39 Å². The molecule has 0 saturated carbocycles. The van der Waals surface area contributed by atoms with Gasteiger partial charge in [0.25, 0.3) is 5.91 Å². The number of nitrogens with one attached hydrogen (secondary N) is 1. The molecule has 156 valence electrons. The van der Waals surface area contributed by atoms with Crippen LogP contribution in [0.25, 0.3) is 6.08 Å². The molecule has 4 rings (SSSR count). The van der Waals surface area contributed by atoms with Gasteiger partial charge in [0.1, 0.15) is 12.4 Å². The van der Waals surface area contributed by atoms with E-state index in [1.165, 1.54) is 23.1 Å². The van der Waals surface area contributed by atoms with E-state index in [2.05, 4.69) is 5.32 Å². The molecule has 0 fully saturated rings. The molecule has 1 N–H and O–H groups in total. The number of carbonyl (C=O) groups excluding carboxylic acids is 2. The quantitative estimate of drug-likeness (QED) is 0.625. The van der Waals surface area contributed by atoms with Gasteiger partial charge in [0.2, 0.25) is 5.91 Å². The van der Waals surface area contributed by atoms with Crippen molar-refractivity contribution in [2.24, 2.45) is 0 Å². The fourth-order valence-corrected chi connectivity index (χ4v) is 3.42. The highest BCUT2D eigenvalue weighted by atomic mass is 19.1. The van der Waals surface area contributed by atoms with Gasteiger partial charge in [0.05, 0.1) is 11.7 Å². The van der Waals surface area contributed by atoms with E-state index in [0.717, 1.165) is 5.56 Å². The minimum absolute atomic E-state index is 0.0215. The third-order valence-electron chi connectivity index (χ3n) is 4.96. The second-order valence-corrected chi connectivity index (χ2v) is 7.22. The Morgan fingerprint density at radius 1 is 1.06 bits per heavy atom. The van der Waals surface area contributed by atoms with Crippen LogP contribution in [0.5, 0.6) is 5.75 Å². The van der Waals surface area contributed by atoms with Crippen LogP contribution in [0.1, 0.15) is 24.1 Å². The monoisotopic (exact) mass is 416 g/mol. The smallest absolute Gasteiger partial charge is 0.294 e. The normalized spacial score (nSPS) is 15.2. The van der Waals surface area contributed by atoms with Crippen LogP contribution in [0.3, 0.4) is 0 Å². The SMILES string of the molecule is C[C@H](NC(=O)CN1C(=O)/C(=C\c2cccc(F)c2)Oc2ccccc21)c1ccccc1. The number of rotatable bonds is 5. The predicted molar refractivity (Wildman–Crippen MR) is 117 cm³/mol. The number of carbonyl (C=O) groups is 2. The van der Waals surface area contributed by atoms with E-state index in [9.17, 15) is 14.0 Å². The van der Waals surface area contributed by atoms with Gasteiger partial charge >= 0.3 is 0 Å². The third kappa shape index (κ3) is 4.64. The van der Waals surface area contributed by atoms with E-state index in [1.54, 1.807) is 36.4 Å². The Bertz CT molecular complexity index is 1140. The van der Waals surface area contributed by atoms with E-state index in [-0.39, 0.29) is 24.3 Å². The van der Waals surface area contributed by atoms with Crippen molar-refractivity contribution < 1.29 is 18.7 Å². The molecule has 0 unspecified atom stereocenters. The van der Waals surface area contributed by atoms with Gasteiger partial charge < -0.3 is 10.1 Å². The molecule has 6 heteroatoms. The van der Waals surface area contributed by atoms with Crippen molar-refractivity contribution in [3.05, 3.63) is 102 Å². The highest BCUT2D eigenvalue weighted by Crippen LogP contribution is 2.35. The van der Waals surface area contributed by atoms with Crippen LogP contribution in [0.2, 0.25) is 0 Å². The molecular formula is C25H21FN2O3. The topological polar surface area (TPSA) is 58.6 Å². The van der Waals surface area contributed by atoms with Crippen LogP contribution in [0, 0.1) is 5.82 Å². The lowest BCUT2D eigenvalue weighted by molar-refractivity contribution is -0.123. The van der Waals surface area contributed by atoms with Crippen molar-refractivity contribution in [3.63, 3.8) is 0 Å². The standard InChI is InChI=1S/C25H21FN2O3/c1-17(19-9-3-2-4-10-19)27-24(29)16-28-21-12-5-6-13-22(21)31-23(25(28)30)15-18-8-7-11-20(26)14-18/h2-15,17H,16H2,1H3,(H,27,29)/b23-15+/t17-/m0/s1. The predicted octanol–water partition coefficient (Wildman–Crippen LogP) is 4.47. The summed E-state index contributed by atoms with van der Waals surface area (Å²) in [4.78, 5) is 27.2. The van der Waals surface area contributed by atoms with Gasteiger partial charge in [-0.2, -0.15) is 0 Å². The maximum atomic E-state index is 13.5. The summed E-state index contributed by atoms with van der Waals surface area (Å²) in [6.07, 6.45) is 1.47. The summed E-state index contributed by atoms with van der Waals surface area (Å²) >= 11 is 0. The number of para-hydroxylation sites is 2. The molecule has 0 bridgehead atoms. The molecule has 31 heavy (non-hydrogen) atoms. The van der Waals surface area contributed by atoms with E-state index in [4.69, 9.17) is 4.74 Å². The first-order valence-corrected chi connectivity index (χ1v) is 9.91. The molecule has 3 aromatic carbocycles. The average Bonchev–Trinajstić information content (AvgIpc) is 2.77. The molecule has 0 spiro atoms. The van der Waals surface area contributed by atoms with Crippen LogP contribution < -0.4 is 15.0 Å². The Kier molecular flexibility index (Phi) is 5.80. The summed E-state index contributed by atoms with van der Waals surface area (Å²) in [5, 5.41) is 2.92. The van der Waals surface area contributed by atoms with Crippen molar-refractivity contribution in [3.8, 4) is 5.75 Å². The van der Waals surface area contributed by atoms with E-state index >= 15 is 0 Å². The fourth-order valence-electron chi connectivity index (χ4n) is 3.42. The number of nitrogens with zero attached hydrogens (tertiary/aromatic N) is 1. The lowest BCUT2D eigenvalue weighted by atomic mass is 10.1. The van der Waals surface area contributed by atoms with Crippen molar-refractivity contribution in [1.29, 1.82) is 0 Å². The van der Waals surface area contributed by atoms with E-state index in [1.807, 2.05) is 37.3 Å². The number of amides is 2. The van der Waals surface area contributed by atoms with Crippen molar-refractivity contribution >= 4 is 23.6 Å². The lowest BCUT2D eigenvalue weighted by Gasteiger charge is -2.30. The second kappa shape index (κ2) is 8.83. The highest BCUT2D eigenvalue weighted by Gasteiger charge is 2.31. The highest BCUT2D eigenvalue weighted by molar-refractivity contribution is 6.12. The molecule has 1 aliphatic rings. The lowest BCUT2D eigenvalue weighted by Crippen LogP contribution is -2.44. The number of hydrogen-bond acceptors (Lipinski definition) is 3. The second-order valence-electron chi connectivity index (χ2n) is 7.22. The maximum Gasteiger partial charge on any atom is 0.294 e. The Morgan fingerprint density at radius 2 is 1.81 bits per heavy atom. The Hall–Kier alpha value is -3.93. The zero-order valence-corrected chi connectivity index (χ0v) is 16.9. The maximum absolute atomic E-state index is 13.5. The van der Waals surface area contributed by atoms with Crippen molar-refractivity contribution in [2.75, 3.05) is 11.4 Å². The molecule has 1 heterocycles. The zero-order valence-electron chi connectivity index (χ0n) is 16.9. The molecule has 1 aliphatic heterocycles. The third-order valence-corrected chi connectivity index (χ3v) is 4.96. The molecule has 0 aliphatic carbocycles. The number of benzene rings is 3. The Labute approximate surface area is 179 Å². The van der Waals surface area contributed by atoms with Crippen LogP contribution >= 0.6 is 0 Å². The van der Waals surface area contributed by atoms with Crippen LogP contribution in [0.4, 0.5) is 10.1 Å². The molecule has 0 aromatic heterocycles. The molecule has 0 radical (unpaired) electrons.